The third-order valence-electron chi connectivity index (χ3n) is 4.76. The van der Waals surface area contributed by atoms with Gasteiger partial charge in [0.15, 0.2) is 0 Å². The number of carbonyl (C=O) groups excluding carboxylic acids is 1. The predicted octanol–water partition coefficient (Wildman–Crippen LogP) is 3.15. The number of hydrogen-bond acceptors (Lipinski definition) is 4. The Morgan fingerprint density at radius 3 is 2.76 bits per heavy atom. The lowest BCUT2D eigenvalue weighted by atomic mass is 10.0. The minimum absolute atomic E-state index is 0.0289. The van der Waals surface area contributed by atoms with Crippen LogP contribution in [0.25, 0.3) is 10.1 Å². The Kier molecular flexibility index (Phi) is 5.61. The van der Waals surface area contributed by atoms with Crippen LogP contribution in [0, 0.1) is 0 Å². The maximum absolute atomic E-state index is 12.5. The highest BCUT2D eigenvalue weighted by Crippen LogP contribution is 2.26. The summed E-state index contributed by atoms with van der Waals surface area (Å²) in [4.78, 5) is 17.8. The number of nitrogens with zero attached hydrogens (tertiary/aromatic N) is 2. The van der Waals surface area contributed by atoms with E-state index < -0.39 is 0 Å². The summed E-state index contributed by atoms with van der Waals surface area (Å²) in [5.74, 6) is 0. The van der Waals surface area contributed by atoms with Crippen molar-refractivity contribution in [2.75, 3.05) is 39.9 Å². The van der Waals surface area contributed by atoms with E-state index in [4.69, 9.17) is 4.74 Å². The van der Waals surface area contributed by atoms with Crippen molar-refractivity contribution in [1.29, 1.82) is 0 Å². The normalized spacial score (nSPS) is 16.1. The first-order chi connectivity index (χ1) is 12.0. The molecule has 2 heterocycles. The van der Waals surface area contributed by atoms with Crippen LogP contribution < -0.4 is 5.32 Å². The molecular formula is C19H27N3O2S. The van der Waals surface area contributed by atoms with Gasteiger partial charge in [-0.3, -0.25) is 4.90 Å². The third-order valence-corrected chi connectivity index (χ3v) is 5.86. The Morgan fingerprint density at radius 2 is 2.04 bits per heavy atom. The van der Waals surface area contributed by atoms with Gasteiger partial charge in [0.2, 0.25) is 0 Å². The Labute approximate surface area is 153 Å². The molecule has 1 aliphatic heterocycles. The summed E-state index contributed by atoms with van der Waals surface area (Å²) in [6, 6.07) is 10.5. The van der Waals surface area contributed by atoms with E-state index in [-0.39, 0.29) is 11.6 Å². The van der Waals surface area contributed by atoms with E-state index in [0.29, 0.717) is 13.1 Å². The molecule has 136 valence electrons. The Hall–Kier alpha value is -1.63. The van der Waals surface area contributed by atoms with Crippen molar-refractivity contribution in [3.8, 4) is 0 Å². The lowest BCUT2D eigenvalue weighted by Crippen LogP contribution is -2.56. The molecule has 1 saturated heterocycles. The molecule has 0 unspecified atom stereocenters. The van der Waals surface area contributed by atoms with Crippen molar-refractivity contribution < 1.29 is 9.53 Å². The van der Waals surface area contributed by atoms with Crippen LogP contribution in [0.15, 0.2) is 30.3 Å². The number of morpholine rings is 1. The zero-order valence-electron chi connectivity index (χ0n) is 15.2. The Bertz CT molecular complexity index is 689. The van der Waals surface area contributed by atoms with E-state index in [1.165, 1.54) is 15.0 Å². The Balaban J connectivity index is 1.53. The minimum atomic E-state index is -0.0715. The standard InChI is InChI=1S/C19H27N3O2S/c1-19(2,22-8-10-24-11-9-22)14-20-18(23)21(3)13-16-12-15-6-4-5-7-17(15)25-16/h4-7,12H,8-11,13-14H2,1-3H3,(H,20,23). The van der Waals surface area contributed by atoms with Crippen LogP contribution in [-0.2, 0) is 11.3 Å². The topological polar surface area (TPSA) is 44.8 Å². The van der Waals surface area contributed by atoms with Gasteiger partial charge in [-0.25, -0.2) is 4.79 Å². The molecule has 0 spiro atoms. The molecule has 2 amide bonds. The van der Waals surface area contributed by atoms with Gasteiger partial charge in [0.25, 0.3) is 0 Å². The number of thiophene rings is 1. The molecule has 0 saturated carbocycles. The average Bonchev–Trinajstić information content (AvgIpc) is 3.02. The SMILES string of the molecule is CN(Cc1cc2ccccc2s1)C(=O)NCC(C)(C)N1CCOCC1. The van der Waals surface area contributed by atoms with Gasteiger partial charge >= 0.3 is 6.03 Å². The zero-order valence-corrected chi connectivity index (χ0v) is 16.1. The van der Waals surface area contributed by atoms with Gasteiger partial charge in [0, 0.05) is 41.8 Å². The third kappa shape index (κ3) is 4.51. The average molecular weight is 362 g/mol. The largest absolute Gasteiger partial charge is 0.379 e. The monoisotopic (exact) mass is 361 g/mol. The maximum Gasteiger partial charge on any atom is 0.317 e. The highest BCUT2D eigenvalue weighted by Gasteiger charge is 2.29. The highest BCUT2D eigenvalue weighted by molar-refractivity contribution is 7.19. The van der Waals surface area contributed by atoms with Crippen molar-refractivity contribution in [3.63, 3.8) is 0 Å². The summed E-state index contributed by atoms with van der Waals surface area (Å²) in [5.41, 5.74) is -0.0715. The fourth-order valence-corrected chi connectivity index (χ4v) is 4.25. The van der Waals surface area contributed by atoms with E-state index in [1.54, 1.807) is 16.2 Å². The molecule has 5 nitrogen and oxygen atoms in total. The number of carbonyl (C=O) groups is 1. The second-order valence-corrected chi connectivity index (χ2v) is 8.35. The van der Waals surface area contributed by atoms with Gasteiger partial charge in [-0.05, 0) is 31.4 Å². The van der Waals surface area contributed by atoms with Crippen molar-refractivity contribution >= 4 is 27.5 Å². The second kappa shape index (κ2) is 7.72. The summed E-state index contributed by atoms with van der Waals surface area (Å²) in [6.45, 7) is 8.97. The van der Waals surface area contributed by atoms with Gasteiger partial charge in [-0.2, -0.15) is 0 Å². The fraction of sp³-hybridized carbons (Fsp3) is 0.526. The van der Waals surface area contributed by atoms with Crippen molar-refractivity contribution in [3.05, 3.63) is 35.2 Å². The lowest BCUT2D eigenvalue weighted by molar-refractivity contribution is -0.00900. The molecule has 0 aliphatic carbocycles. The number of nitrogens with one attached hydrogen (secondary N) is 1. The first kappa shape index (κ1) is 18.2. The molecule has 2 aromatic rings. The van der Waals surface area contributed by atoms with Crippen molar-refractivity contribution in [2.24, 2.45) is 0 Å². The van der Waals surface area contributed by atoms with Gasteiger partial charge in [-0.15, -0.1) is 11.3 Å². The minimum Gasteiger partial charge on any atom is -0.379 e. The quantitative estimate of drug-likeness (QED) is 0.890. The van der Waals surface area contributed by atoms with Crippen LogP contribution in [0.3, 0.4) is 0 Å². The maximum atomic E-state index is 12.5. The van der Waals surface area contributed by atoms with E-state index in [9.17, 15) is 4.79 Å². The highest BCUT2D eigenvalue weighted by atomic mass is 32.1. The van der Waals surface area contributed by atoms with Crippen LogP contribution in [0.2, 0.25) is 0 Å². The summed E-state index contributed by atoms with van der Waals surface area (Å²) in [6.07, 6.45) is 0. The summed E-state index contributed by atoms with van der Waals surface area (Å²) in [5, 5.41) is 4.32. The summed E-state index contributed by atoms with van der Waals surface area (Å²) >= 11 is 1.75. The molecule has 0 radical (unpaired) electrons. The van der Waals surface area contributed by atoms with E-state index in [0.717, 1.165) is 26.3 Å². The molecule has 1 N–H and O–H groups in total. The van der Waals surface area contributed by atoms with E-state index in [1.807, 2.05) is 19.2 Å². The van der Waals surface area contributed by atoms with E-state index in [2.05, 4.69) is 42.3 Å². The van der Waals surface area contributed by atoms with E-state index >= 15 is 0 Å². The zero-order chi connectivity index (χ0) is 17.9. The van der Waals surface area contributed by atoms with Crippen molar-refractivity contribution in [2.45, 2.75) is 25.9 Å². The van der Waals surface area contributed by atoms with Gasteiger partial charge in [0.05, 0.1) is 19.8 Å². The Morgan fingerprint density at radius 1 is 1.32 bits per heavy atom. The molecule has 3 rings (SSSR count). The van der Waals surface area contributed by atoms with Crippen LogP contribution in [0.5, 0.6) is 0 Å². The number of benzene rings is 1. The first-order valence-electron chi connectivity index (χ1n) is 8.75. The van der Waals surface area contributed by atoms with Gasteiger partial charge < -0.3 is 15.0 Å². The molecule has 25 heavy (non-hydrogen) atoms. The van der Waals surface area contributed by atoms with Crippen LogP contribution >= 0.6 is 11.3 Å². The first-order valence-corrected chi connectivity index (χ1v) is 9.56. The number of ether oxygens (including phenoxy) is 1. The van der Waals surface area contributed by atoms with Crippen LogP contribution in [0.1, 0.15) is 18.7 Å². The summed E-state index contributed by atoms with van der Waals surface area (Å²) in [7, 11) is 1.85. The molecule has 1 fully saturated rings. The number of urea groups is 1. The van der Waals surface area contributed by atoms with Crippen molar-refractivity contribution in [1.82, 2.24) is 15.1 Å². The number of fused-ring (bicyclic) bond motifs is 1. The predicted molar refractivity (Wildman–Crippen MR) is 103 cm³/mol. The molecular weight excluding hydrogens is 334 g/mol. The number of hydrogen-bond donors (Lipinski definition) is 1. The van der Waals surface area contributed by atoms with Gasteiger partial charge in [0.1, 0.15) is 0 Å². The van der Waals surface area contributed by atoms with Crippen LogP contribution in [0.4, 0.5) is 4.79 Å². The second-order valence-electron chi connectivity index (χ2n) is 7.18. The fourth-order valence-electron chi connectivity index (χ4n) is 3.13. The molecule has 1 aromatic heterocycles. The molecule has 0 atom stereocenters. The van der Waals surface area contributed by atoms with Crippen LogP contribution in [-0.4, -0.2) is 61.3 Å². The molecule has 1 aromatic carbocycles. The number of amides is 2. The number of rotatable bonds is 5. The molecule has 6 heteroatoms. The summed E-state index contributed by atoms with van der Waals surface area (Å²) < 4.78 is 6.68. The smallest absolute Gasteiger partial charge is 0.317 e. The molecule has 0 bridgehead atoms. The molecule has 1 aliphatic rings. The van der Waals surface area contributed by atoms with Gasteiger partial charge in [-0.1, -0.05) is 18.2 Å². The lowest BCUT2D eigenvalue weighted by Gasteiger charge is -2.41.